The molecule has 12 heteroatoms. The molecule has 202 valence electrons. The van der Waals surface area contributed by atoms with E-state index in [0.717, 1.165) is 31.4 Å². The first-order chi connectivity index (χ1) is 18.6. The molecule has 2 aromatic rings. The van der Waals surface area contributed by atoms with E-state index >= 15 is 0 Å². The van der Waals surface area contributed by atoms with Crippen LogP contribution >= 0.6 is 21.6 Å². The summed E-state index contributed by atoms with van der Waals surface area (Å²) < 4.78 is 10.5. The summed E-state index contributed by atoms with van der Waals surface area (Å²) >= 11 is 0. The van der Waals surface area contributed by atoms with Crippen molar-refractivity contribution in [1.29, 1.82) is 0 Å². The molecule has 0 spiro atoms. The number of carbonyl (C=O) groups excluding carboxylic acids is 2. The zero-order valence-corrected chi connectivity index (χ0v) is 22.9. The molecule has 0 fully saturated rings. The minimum absolute atomic E-state index is 0.298. The maximum atomic E-state index is 12.0. The van der Waals surface area contributed by atoms with Gasteiger partial charge in [0.2, 0.25) is 0 Å². The van der Waals surface area contributed by atoms with Gasteiger partial charge in [-0.25, -0.2) is 9.59 Å². The Morgan fingerprint density at radius 1 is 0.632 bits per heavy atom. The molecular weight excluding hydrogens is 524 g/mol. The minimum Gasteiger partial charge on any atom is -0.462 e. The van der Waals surface area contributed by atoms with E-state index in [2.05, 4.69) is 20.1 Å². The largest absolute Gasteiger partial charge is 0.462 e. The van der Waals surface area contributed by atoms with Crippen LogP contribution in [0.4, 0.5) is 11.4 Å². The SMILES string of the molecule is [N-]=[N+]=Nc1ccc(C(=O)OCCCCCCCCCCCSSCOC(=O)c2ccc(N=[N+]=[N-])cc2)cc1. The molecule has 2 rings (SSSR count). The third-order valence-electron chi connectivity index (χ3n) is 5.45. The third kappa shape index (κ3) is 13.3. The molecule has 0 atom stereocenters. The molecule has 0 bridgehead atoms. The van der Waals surface area contributed by atoms with Gasteiger partial charge in [0.25, 0.3) is 0 Å². The van der Waals surface area contributed by atoms with Gasteiger partial charge in [-0.05, 0) is 48.2 Å². The van der Waals surface area contributed by atoms with Gasteiger partial charge >= 0.3 is 11.9 Å². The van der Waals surface area contributed by atoms with E-state index in [1.807, 2.05) is 0 Å². The van der Waals surface area contributed by atoms with Gasteiger partial charge in [0.05, 0.1) is 17.7 Å². The molecule has 38 heavy (non-hydrogen) atoms. The summed E-state index contributed by atoms with van der Waals surface area (Å²) in [6.45, 7) is 0.414. The van der Waals surface area contributed by atoms with E-state index in [1.54, 1.807) is 59.3 Å². The Balaban J connectivity index is 1.35. The van der Waals surface area contributed by atoms with Crippen LogP contribution in [0.5, 0.6) is 0 Å². The lowest BCUT2D eigenvalue weighted by atomic mass is 10.1. The zero-order valence-electron chi connectivity index (χ0n) is 21.2. The normalized spacial score (nSPS) is 10.2. The number of esters is 2. The summed E-state index contributed by atoms with van der Waals surface area (Å²) in [5, 5.41) is 6.95. The van der Waals surface area contributed by atoms with Crippen molar-refractivity contribution in [2.45, 2.75) is 57.8 Å². The minimum atomic E-state index is -0.387. The van der Waals surface area contributed by atoms with Crippen LogP contribution in [-0.4, -0.2) is 30.2 Å². The third-order valence-corrected chi connectivity index (χ3v) is 7.58. The van der Waals surface area contributed by atoms with E-state index in [9.17, 15) is 9.59 Å². The monoisotopic (exact) mass is 556 g/mol. The molecule has 0 amide bonds. The van der Waals surface area contributed by atoms with E-state index in [4.69, 9.17) is 20.5 Å². The molecule has 0 aromatic heterocycles. The number of azide groups is 2. The van der Waals surface area contributed by atoms with Gasteiger partial charge in [0.15, 0.2) is 0 Å². The fourth-order valence-electron chi connectivity index (χ4n) is 3.43. The standard InChI is InChI=1S/C26H32N6O4S2/c27-31-29-23-14-10-21(11-15-23)25(33)35-18-8-6-4-2-1-3-5-7-9-19-37-38-20-36-26(34)22-12-16-24(17-13-22)30-32-28/h10-17H,1-9,18-20H2. The van der Waals surface area contributed by atoms with Crippen LogP contribution in [0.2, 0.25) is 0 Å². The summed E-state index contributed by atoms with van der Waals surface area (Å²) in [7, 11) is 3.25. The number of carbonyl (C=O) groups is 2. The summed E-state index contributed by atoms with van der Waals surface area (Å²) in [6.07, 6.45) is 10.3. The molecule has 0 radical (unpaired) electrons. The molecule has 0 aliphatic heterocycles. The van der Waals surface area contributed by atoms with Crippen LogP contribution in [0.1, 0.15) is 78.5 Å². The van der Waals surface area contributed by atoms with Crippen molar-refractivity contribution in [3.8, 4) is 0 Å². The average molecular weight is 557 g/mol. The smallest absolute Gasteiger partial charge is 0.338 e. The Bertz CT molecular complexity index is 998. The topological polar surface area (TPSA) is 150 Å². The van der Waals surface area contributed by atoms with E-state index in [-0.39, 0.29) is 11.9 Å². The van der Waals surface area contributed by atoms with Crippen LogP contribution in [0, 0.1) is 0 Å². The van der Waals surface area contributed by atoms with Gasteiger partial charge in [-0.1, -0.05) is 101 Å². The second-order valence-corrected chi connectivity index (χ2v) is 10.8. The van der Waals surface area contributed by atoms with E-state index < -0.39 is 0 Å². The maximum Gasteiger partial charge on any atom is 0.338 e. The van der Waals surface area contributed by atoms with Crippen molar-refractivity contribution in [3.05, 3.63) is 80.5 Å². The first kappa shape index (κ1) is 30.9. The van der Waals surface area contributed by atoms with Crippen LogP contribution in [-0.2, 0) is 9.47 Å². The van der Waals surface area contributed by atoms with E-state index in [0.29, 0.717) is 35.0 Å². The highest BCUT2D eigenvalue weighted by atomic mass is 33.1. The van der Waals surface area contributed by atoms with Crippen LogP contribution < -0.4 is 0 Å². The molecule has 0 aliphatic rings. The average Bonchev–Trinajstić information content (AvgIpc) is 2.93. The maximum absolute atomic E-state index is 12.0. The van der Waals surface area contributed by atoms with E-state index in [1.165, 1.54) is 42.9 Å². The Morgan fingerprint density at radius 2 is 1.08 bits per heavy atom. The first-order valence-corrected chi connectivity index (χ1v) is 15.0. The molecule has 0 saturated heterocycles. The van der Waals surface area contributed by atoms with Crippen molar-refractivity contribution >= 4 is 44.9 Å². The predicted octanol–water partition coefficient (Wildman–Crippen LogP) is 9.43. The molecule has 0 saturated carbocycles. The first-order valence-electron chi connectivity index (χ1n) is 12.5. The lowest BCUT2D eigenvalue weighted by Gasteiger charge is -2.06. The molecule has 10 nitrogen and oxygen atoms in total. The van der Waals surface area contributed by atoms with Crippen molar-refractivity contribution in [3.63, 3.8) is 0 Å². The van der Waals surface area contributed by atoms with Crippen molar-refractivity contribution in [1.82, 2.24) is 0 Å². The number of ether oxygens (including phenoxy) is 2. The molecule has 2 aromatic carbocycles. The quantitative estimate of drug-likeness (QED) is 0.0320. The summed E-state index contributed by atoms with van der Waals surface area (Å²) in [6, 6.07) is 12.7. The highest BCUT2D eigenvalue weighted by Gasteiger charge is 2.07. The highest BCUT2D eigenvalue weighted by Crippen LogP contribution is 2.24. The summed E-state index contributed by atoms with van der Waals surface area (Å²) in [4.78, 5) is 29.4. The molecule has 0 heterocycles. The van der Waals surface area contributed by atoms with Crippen LogP contribution in [0.25, 0.3) is 20.9 Å². The Kier molecular flexibility index (Phi) is 16.1. The molecule has 0 N–H and O–H groups in total. The number of hydrogen-bond donors (Lipinski definition) is 0. The Labute approximate surface area is 230 Å². The van der Waals surface area contributed by atoms with Gasteiger partial charge < -0.3 is 9.47 Å². The number of nitrogens with zero attached hydrogens (tertiary/aromatic N) is 6. The van der Waals surface area contributed by atoms with Crippen LogP contribution in [0.15, 0.2) is 58.8 Å². The lowest BCUT2D eigenvalue weighted by Crippen LogP contribution is -2.06. The fraction of sp³-hybridized carbons (Fsp3) is 0.462. The summed E-state index contributed by atoms with van der Waals surface area (Å²) in [5.74, 6) is 0.582. The number of rotatable bonds is 19. The van der Waals surface area contributed by atoms with Gasteiger partial charge in [-0.3, -0.25) is 0 Å². The van der Waals surface area contributed by atoms with Crippen molar-refractivity contribution < 1.29 is 19.1 Å². The number of benzene rings is 2. The number of hydrogen-bond acceptors (Lipinski definition) is 8. The van der Waals surface area contributed by atoms with Crippen molar-refractivity contribution in [2.24, 2.45) is 10.2 Å². The van der Waals surface area contributed by atoms with Gasteiger partial charge in [0.1, 0.15) is 5.94 Å². The van der Waals surface area contributed by atoms with Gasteiger partial charge in [0, 0.05) is 27.0 Å². The second-order valence-electron chi connectivity index (χ2n) is 8.28. The fourth-order valence-corrected chi connectivity index (χ4v) is 5.15. The Morgan fingerprint density at radius 3 is 1.58 bits per heavy atom. The zero-order chi connectivity index (χ0) is 27.3. The summed E-state index contributed by atoms with van der Waals surface area (Å²) in [5.41, 5.74) is 18.6. The van der Waals surface area contributed by atoms with Gasteiger partial charge in [-0.15, -0.1) is 0 Å². The highest BCUT2D eigenvalue weighted by molar-refractivity contribution is 8.76. The lowest BCUT2D eigenvalue weighted by molar-refractivity contribution is 0.0496. The predicted molar refractivity (Wildman–Crippen MR) is 153 cm³/mol. The second kappa shape index (κ2) is 19.8. The van der Waals surface area contributed by atoms with Crippen LogP contribution in [0.3, 0.4) is 0 Å². The van der Waals surface area contributed by atoms with Crippen molar-refractivity contribution in [2.75, 3.05) is 18.3 Å². The molecular formula is C26H32N6O4S2. The molecule has 0 aliphatic carbocycles. The Hall–Kier alpha value is -3.30. The molecule has 0 unspecified atom stereocenters. The number of unbranched alkanes of at least 4 members (excludes halogenated alkanes) is 8. The van der Waals surface area contributed by atoms with Gasteiger partial charge in [-0.2, -0.15) is 0 Å².